The van der Waals surface area contributed by atoms with Gasteiger partial charge in [-0.2, -0.15) is 0 Å². The van der Waals surface area contributed by atoms with Crippen LogP contribution in [0.2, 0.25) is 0 Å². The third-order valence-corrected chi connectivity index (χ3v) is 5.57. The molecule has 144 valence electrons. The summed E-state index contributed by atoms with van der Waals surface area (Å²) >= 11 is 0. The second kappa shape index (κ2) is 9.88. The van der Waals surface area contributed by atoms with Crippen LogP contribution in [0.4, 0.5) is 0 Å². The van der Waals surface area contributed by atoms with Crippen molar-refractivity contribution in [1.29, 1.82) is 0 Å². The Morgan fingerprint density at radius 3 is 2.88 bits per heavy atom. The molecule has 2 aliphatic heterocycles. The Labute approximate surface area is 151 Å². The lowest BCUT2D eigenvalue weighted by atomic mass is 9.95. The van der Waals surface area contributed by atoms with E-state index in [0.717, 1.165) is 65.0 Å². The van der Waals surface area contributed by atoms with Gasteiger partial charge in [0.1, 0.15) is 0 Å². The largest absolute Gasteiger partial charge is 0.505 e. The van der Waals surface area contributed by atoms with E-state index < -0.39 is 0 Å². The molecule has 3 fully saturated rings. The van der Waals surface area contributed by atoms with Crippen molar-refractivity contribution < 1.29 is 24.1 Å². The Kier molecular flexibility index (Phi) is 7.55. The summed E-state index contributed by atoms with van der Waals surface area (Å²) in [5, 5.41) is 10.7. The van der Waals surface area contributed by atoms with Crippen LogP contribution in [0.1, 0.15) is 38.5 Å². The summed E-state index contributed by atoms with van der Waals surface area (Å²) in [6.45, 7) is 4.24. The van der Waals surface area contributed by atoms with Crippen LogP contribution in [0, 0.1) is 5.92 Å². The maximum absolute atomic E-state index is 10.7. The van der Waals surface area contributed by atoms with E-state index in [0.29, 0.717) is 6.42 Å². The van der Waals surface area contributed by atoms with Crippen molar-refractivity contribution in [3.05, 3.63) is 12.3 Å². The van der Waals surface area contributed by atoms with Crippen molar-refractivity contribution in [3.8, 4) is 0 Å². The highest BCUT2D eigenvalue weighted by Gasteiger charge is 2.46. The van der Waals surface area contributed by atoms with Gasteiger partial charge in [0.25, 0.3) is 0 Å². The maximum Gasteiger partial charge on any atom is 0.158 e. The molecule has 3 rings (SSSR count). The van der Waals surface area contributed by atoms with Gasteiger partial charge in [0, 0.05) is 44.7 Å². The minimum absolute atomic E-state index is 0.0112. The van der Waals surface area contributed by atoms with Gasteiger partial charge in [0.2, 0.25) is 0 Å². The molecule has 0 spiro atoms. The summed E-state index contributed by atoms with van der Waals surface area (Å²) in [4.78, 5) is 2.46. The second-order valence-corrected chi connectivity index (χ2v) is 7.27. The molecule has 3 aliphatic rings. The van der Waals surface area contributed by atoms with Crippen molar-refractivity contribution in [2.45, 2.75) is 63.1 Å². The number of rotatable bonds is 6. The average Bonchev–Trinajstić information content (AvgIpc) is 2.81. The minimum Gasteiger partial charge on any atom is -0.505 e. The van der Waals surface area contributed by atoms with E-state index in [-0.39, 0.29) is 30.5 Å². The first kappa shape index (κ1) is 19.1. The zero-order valence-electron chi connectivity index (χ0n) is 15.3. The predicted octanol–water partition coefficient (Wildman–Crippen LogP) is 1.92. The lowest BCUT2D eigenvalue weighted by molar-refractivity contribution is -0.198. The normalized spacial score (nSPS) is 38.1. The number of methoxy groups -OCH3 is 1. The number of aliphatic hydroxyl groups is 1. The van der Waals surface area contributed by atoms with E-state index in [1.54, 1.807) is 13.4 Å². The predicted molar refractivity (Wildman–Crippen MR) is 94.1 cm³/mol. The van der Waals surface area contributed by atoms with Crippen LogP contribution in [0.3, 0.4) is 0 Å². The molecule has 5 atom stereocenters. The first-order valence-corrected chi connectivity index (χ1v) is 9.74. The molecule has 6 nitrogen and oxygen atoms in total. The third kappa shape index (κ3) is 5.17. The lowest BCUT2D eigenvalue weighted by Gasteiger charge is -2.37. The molecule has 1 aliphatic carbocycles. The smallest absolute Gasteiger partial charge is 0.158 e. The molecule has 6 heteroatoms. The summed E-state index contributed by atoms with van der Waals surface area (Å²) in [5.41, 5.74) is 0. The number of aliphatic hydroxyl groups excluding tert-OH is 1. The van der Waals surface area contributed by atoms with Crippen molar-refractivity contribution in [2.75, 3.05) is 40.0 Å². The van der Waals surface area contributed by atoms with Crippen LogP contribution in [-0.2, 0) is 18.9 Å². The molecule has 0 aromatic rings. The second-order valence-electron chi connectivity index (χ2n) is 7.27. The molecule has 2 heterocycles. The highest BCUT2D eigenvalue weighted by atomic mass is 16.7. The zero-order valence-corrected chi connectivity index (χ0v) is 15.3. The summed E-state index contributed by atoms with van der Waals surface area (Å²) < 4.78 is 22.8. The van der Waals surface area contributed by atoms with Crippen LogP contribution in [0.15, 0.2) is 12.3 Å². The minimum atomic E-state index is -0.357. The number of hydrogen-bond acceptors (Lipinski definition) is 6. The fourth-order valence-electron chi connectivity index (χ4n) is 4.38. The molecular weight excluding hydrogens is 322 g/mol. The summed E-state index contributed by atoms with van der Waals surface area (Å²) in [7, 11) is 1.65. The Morgan fingerprint density at radius 1 is 1.16 bits per heavy atom. The Balaban J connectivity index is 1.70. The molecule has 0 aromatic heterocycles. The molecule has 0 radical (unpaired) electrons. The SMILES string of the molecule is COC=CC[C@@H]1[C@@H](N2CCCOCC2)[C@H](OC2CCCCO2)C[C@@H]1O. The van der Waals surface area contributed by atoms with Gasteiger partial charge in [0.15, 0.2) is 6.29 Å². The van der Waals surface area contributed by atoms with E-state index in [2.05, 4.69) is 4.90 Å². The summed E-state index contributed by atoms with van der Waals surface area (Å²) in [6.07, 6.45) is 8.97. The van der Waals surface area contributed by atoms with Crippen molar-refractivity contribution in [1.82, 2.24) is 4.90 Å². The van der Waals surface area contributed by atoms with Gasteiger partial charge in [-0.3, -0.25) is 4.90 Å². The zero-order chi connectivity index (χ0) is 17.5. The van der Waals surface area contributed by atoms with Gasteiger partial charge < -0.3 is 24.1 Å². The standard InChI is InChI=1S/C19H33NO5/c1-22-10-4-6-15-16(21)14-17(25-18-7-2-3-12-24-18)19(15)20-8-5-11-23-13-9-20/h4,10,15-19,21H,2-3,5-9,11-14H2,1H3/t15-,16-,17+,18?,19+/m0/s1. The number of ether oxygens (including phenoxy) is 4. The van der Waals surface area contributed by atoms with E-state index in [9.17, 15) is 5.11 Å². The molecular formula is C19H33NO5. The first-order valence-electron chi connectivity index (χ1n) is 9.74. The van der Waals surface area contributed by atoms with Crippen LogP contribution in [-0.4, -0.2) is 74.6 Å². The number of nitrogens with zero attached hydrogens (tertiary/aromatic N) is 1. The molecule has 0 aromatic carbocycles. The van der Waals surface area contributed by atoms with Gasteiger partial charge in [-0.05, 0) is 38.2 Å². The lowest BCUT2D eigenvalue weighted by Crippen LogP contribution is -2.48. The molecule has 0 amide bonds. The van der Waals surface area contributed by atoms with E-state index >= 15 is 0 Å². The van der Waals surface area contributed by atoms with Crippen LogP contribution < -0.4 is 0 Å². The molecule has 25 heavy (non-hydrogen) atoms. The Hall–Kier alpha value is -0.660. The summed E-state index contributed by atoms with van der Waals surface area (Å²) in [6, 6.07) is 0.198. The molecule has 1 saturated carbocycles. The van der Waals surface area contributed by atoms with E-state index in [1.807, 2.05) is 6.08 Å². The number of allylic oxidation sites excluding steroid dienone is 1. The van der Waals surface area contributed by atoms with Crippen molar-refractivity contribution in [2.24, 2.45) is 5.92 Å². The molecule has 1 unspecified atom stereocenters. The topological polar surface area (TPSA) is 60.4 Å². The van der Waals surface area contributed by atoms with Crippen molar-refractivity contribution in [3.63, 3.8) is 0 Å². The van der Waals surface area contributed by atoms with E-state index in [1.165, 1.54) is 0 Å². The highest BCUT2D eigenvalue weighted by molar-refractivity contribution is 5.01. The van der Waals surface area contributed by atoms with E-state index in [4.69, 9.17) is 18.9 Å². The average molecular weight is 355 g/mol. The monoisotopic (exact) mass is 355 g/mol. The maximum atomic E-state index is 10.7. The van der Waals surface area contributed by atoms with Gasteiger partial charge in [-0.1, -0.05) is 0 Å². The van der Waals surface area contributed by atoms with Crippen LogP contribution >= 0.6 is 0 Å². The number of hydrogen-bond donors (Lipinski definition) is 1. The highest BCUT2D eigenvalue weighted by Crippen LogP contribution is 2.37. The third-order valence-electron chi connectivity index (χ3n) is 5.57. The van der Waals surface area contributed by atoms with Crippen LogP contribution in [0.25, 0.3) is 0 Å². The fourth-order valence-corrected chi connectivity index (χ4v) is 4.38. The van der Waals surface area contributed by atoms with Crippen LogP contribution in [0.5, 0.6) is 0 Å². The molecule has 1 N–H and O–H groups in total. The van der Waals surface area contributed by atoms with Crippen molar-refractivity contribution >= 4 is 0 Å². The Morgan fingerprint density at radius 2 is 2.08 bits per heavy atom. The molecule has 2 saturated heterocycles. The van der Waals surface area contributed by atoms with Gasteiger partial charge in [0.05, 0.1) is 32.2 Å². The fraction of sp³-hybridized carbons (Fsp3) is 0.895. The quantitative estimate of drug-likeness (QED) is 0.735. The Bertz CT molecular complexity index is 405. The van der Waals surface area contributed by atoms with Gasteiger partial charge in [-0.25, -0.2) is 0 Å². The van der Waals surface area contributed by atoms with Gasteiger partial charge in [-0.15, -0.1) is 0 Å². The molecule has 0 bridgehead atoms. The first-order chi connectivity index (χ1) is 12.3. The summed E-state index contributed by atoms with van der Waals surface area (Å²) in [5.74, 6) is 0.151. The van der Waals surface area contributed by atoms with Gasteiger partial charge >= 0.3 is 0 Å².